The second kappa shape index (κ2) is 9.41. The van der Waals surface area contributed by atoms with Gasteiger partial charge in [-0.3, -0.25) is 0 Å². The molecule has 1 aromatic rings. The van der Waals surface area contributed by atoms with Crippen LogP contribution in [0.15, 0.2) is 24.3 Å². The molecule has 1 nitrogen and oxygen atoms in total. The van der Waals surface area contributed by atoms with Crippen LogP contribution < -0.4 is 0 Å². The van der Waals surface area contributed by atoms with Crippen molar-refractivity contribution in [2.75, 3.05) is 0 Å². The van der Waals surface area contributed by atoms with E-state index in [4.69, 9.17) is 0 Å². The van der Waals surface area contributed by atoms with Gasteiger partial charge in [0.2, 0.25) is 0 Å². The summed E-state index contributed by atoms with van der Waals surface area (Å²) in [6.45, 7) is 8.24. The van der Waals surface area contributed by atoms with Gasteiger partial charge in [0, 0.05) is 0 Å². The highest BCUT2D eigenvalue weighted by Crippen LogP contribution is 2.20. The van der Waals surface area contributed by atoms with E-state index in [9.17, 15) is 5.11 Å². The third-order valence-electron chi connectivity index (χ3n) is 2.51. The number of benzene rings is 1. The number of aliphatic hydroxyl groups excluding tert-OH is 1. The SMILES string of the molecule is CC.CCCCCC(O)c1cccc(C)c1. The average molecular weight is 222 g/mol. The van der Waals surface area contributed by atoms with E-state index in [1.807, 2.05) is 26.0 Å². The first-order valence-electron chi connectivity index (χ1n) is 6.48. The second-order valence-electron chi connectivity index (χ2n) is 3.93. The van der Waals surface area contributed by atoms with Crippen molar-refractivity contribution in [3.05, 3.63) is 35.4 Å². The molecule has 1 N–H and O–H groups in total. The van der Waals surface area contributed by atoms with Gasteiger partial charge in [0.05, 0.1) is 6.10 Å². The molecule has 0 saturated heterocycles. The molecule has 16 heavy (non-hydrogen) atoms. The summed E-state index contributed by atoms with van der Waals surface area (Å²) in [5.74, 6) is 0. The summed E-state index contributed by atoms with van der Waals surface area (Å²) in [6, 6.07) is 8.14. The summed E-state index contributed by atoms with van der Waals surface area (Å²) >= 11 is 0. The Kier molecular flexibility index (Phi) is 8.93. The summed E-state index contributed by atoms with van der Waals surface area (Å²) in [5.41, 5.74) is 2.28. The van der Waals surface area contributed by atoms with Gasteiger partial charge in [-0.15, -0.1) is 0 Å². The molecule has 0 amide bonds. The normalized spacial score (nSPS) is 11.6. The van der Waals surface area contributed by atoms with Crippen LogP contribution in [-0.4, -0.2) is 5.11 Å². The Hall–Kier alpha value is -0.820. The fourth-order valence-electron chi connectivity index (χ4n) is 1.63. The monoisotopic (exact) mass is 222 g/mol. The lowest BCUT2D eigenvalue weighted by Crippen LogP contribution is -1.97. The molecule has 0 fully saturated rings. The largest absolute Gasteiger partial charge is 0.388 e. The molecule has 0 bridgehead atoms. The molecule has 0 aliphatic carbocycles. The molecule has 0 heterocycles. The quantitative estimate of drug-likeness (QED) is 0.720. The van der Waals surface area contributed by atoms with Crippen LogP contribution in [0.3, 0.4) is 0 Å². The highest BCUT2D eigenvalue weighted by Gasteiger charge is 2.06. The van der Waals surface area contributed by atoms with Gasteiger partial charge in [-0.2, -0.15) is 0 Å². The number of hydrogen-bond acceptors (Lipinski definition) is 1. The topological polar surface area (TPSA) is 20.2 Å². The Labute approximate surface area is 101 Å². The van der Waals surface area contributed by atoms with Crippen molar-refractivity contribution >= 4 is 0 Å². The average Bonchev–Trinajstić information content (AvgIpc) is 2.32. The number of hydrogen-bond donors (Lipinski definition) is 1. The second-order valence-corrected chi connectivity index (χ2v) is 3.93. The molecule has 0 aliphatic heterocycles. The van der Waals surface area contributed by atoms with Gasteiger partial charge in [0.1, 0.15) is 0 Å². The Morgan fingerprint density at radius 2 is 1.88 bits per heavy atom. The van der Waals surface area contributed by atoms with Crippen molar-refractivity contribution in [2.45, 2.75) is 59.5 Å². The van der Waals surface area contributed by atoms with Crippen LogP contribution in [0, 0.1) is 6.92 Å². The maximum absolute atomic E-state index is 9.87. The molecule has 1 unspecified atom stereocenters. The van der Waals surface area contributed by atoms with Gasteiger partial charge in [-0.25, -0.2) is 0 Å². The number of rotatable bonds is 5. The van der Waals surface area contributed by atoms with Crippen LogP contribution in [0.4, 0.5) is 0 Å². The summed E-state index contributed by atoms with van der Waals surface area (Å²) in [7, 11) is 0. The molecule has 1 atom stereocenters. The predicted octanol–water partition coefficient (Wildman–Crippen LogP) is 4.63. The Bertz CT molecular complexity index is 268. The van der Waals surface area contributed by atoms with Crippen molar-refractivity contribution in [1.29, 1.82) is 0 Å². The lowest BCUT2D eigenvalue weighted by Gasteiger charge is -2.10. The smallest absolute Gasteiger partial charge is 0.0790 e. The fraction of sp³-hybridized carbons (Fsp3) is 0.600. The zero-order valence-electron chi connectivity index (χ0n) is 11.2. The van der Waals surface area contributed by atoms with Gasteiger partial charge in [0.25, 0.3) is 0 Å². The van der Waals surface area contributed by atoms with E-state index in [0.717, 1.165) is 18.4 Å². The molecular weight excluding hydrogens is 196 g/mol. The Balaban J connectivity index is 0.00000106. The minimum Gasteiger partial charge on any atom is -0.388 e. The minimum absolute atomic E-state index is 0.276. The highest BCUT2D eigenvalue weighted by atomic mass is 16.3. The molecule has 1 rings (SSSR count). The third-order valence-corrected chi connectivity index (χ3v) is 2.51. The van der Waals surface area contributed by atoms with Crippen LogP contribution in [-0.2, 0) is 0 Å². The zero-order chi connectivity index (χ0) is 12.4. The van der Waals surface area contributed by atoms with Crippen molar-refractivity contribution in [3.8, 4) is 0 Å². The molecular formula is C15H26O. The van der Waals surface area contributed by atoms with Gasteiger partial charge in [0.15, 0.2) is 0 Å². The van der Waals surface area contributed by atoms with E-state index in [-0.39, 0.29) is 6.10 Å². The van der Waals surface area contributed by atoms with Crippen molar-refractivity contribution in [1.82, 2.24) is 0 Å². The summed E-state index contributed by atoms with van der Waals surface area (Å²) in [6.07, 6.45) is 4.15. The molecule has 0 aliphatic rings. The Morgan fingerprint density at radius 3 is 2.44 bits per heavy atom. The molecule has 92 valence electrons. The first-order chi connectivity index (χ1) is 7.74. The maximum atomic E-state index is 9.87. The van der Waals surface area contributed by atoms with E-state index < -0.39 is 0 Å². The van der Waals surface area contributed by atoms with Gasteiger partial charge in [-0.05, 0) is 18.9 Å². The van der Waals surface area contributed by atoms with Crippen LogP contribution >= 0.6 is 0 Å². The van der Waals surface area contributed by atoms with Crippen LogP contribution in [0.5, 0.6) is 0 Å². The molecule has 0 saturated carbocycles. The number of aliphatic hydroxyl groups is 1. The molecule has 1 aromatic carbocycles. The first kappa shape index (κ1) is 15.2. The molecule has 0 spiro atoms. The summed E-state index contributed by atoms with van der Waals surface area (Å²) in [5, 5.41) is 9.87. The van der Waals surface area contributed by atoms with Gasteiger partial charge in [-0.1, -0.05) is 69.9 Å². The summed E-state index contributed by atoms with van der Waals surface area (Å²) in [4.78, 5) is 0. The van der Waals surface area contributed by atoms with Crippen molar-refractivity contribution in [2.24, 2.45) is 0 Å². The summed E-state index contributed by atoms with van der Waals surface area (Å²) < 4.78 is 0. The van der Waals surface area contributed by atoms with Crippen LogP contribution in [0.25, 0.3) is 0 Å². The van der Waals surface area contributed by atoms with E-state index >= 15 is 0 Å². The van der Waals surface area contributed by atoms with Gasteiger partial charge >= 0.3 is 0 Å². The van der Waals surface area contributed by atoms with Crippen molar-refractivity contribution < 1.29 is 5.11 Å². The number of aryl methyl sites for hydroxylation is 1. The minimum atomic E-state index is -0.276. The van der Waals surface area contributed by atoms with Crippen molar-refractivity contribution in [3.63, 3.8) is 0 Å². The van der Waals surface area contributed by atoms with E-state index in [1.54, 1.807) is 0 Å². The first-order valence-corrected chi connectivity index (χ1v) is 6.48. The maximum Gasteiger partial charge on any atom is 0.0790 e. The van der Waals surface area contributed by atoms with E-state index in [1.165, 1.54) is 18.4 Å². The van der Waals surface area contributed by atoms with Crippen LogP contribution in [0.2, 0.25) is 0 Å². The third kappa shape index (κ3) is 5.92. The lowest BCUT2D eigenvalue weighted by atomic mass is 10.0. The predicted molar refractivity (Wildman–Crippen MR) is 71.6 cm³/mol. The number of unbranched alkanes of at least 4 members (excludes halogenated alkanes) is 2. The molecule has 0 aromatic heterocycles. The highest BCUT2D eigenvalue weighted by molar-refractivity contribution is 5.23. The van der Waals surface area contributed by atoms with Gasteiger partial charge < -0.3 is 5.11 Å². The fourth-order valence-corrected chi connectivity index (χ4v) is 1.63. The zero-order valence-corrected chi connectivity index (χ0v) is 11.2. The van der Waals surface area contributed by atoms with Crippen LogP contribution in [0.1, 0.15) is 63.7 Å². The lowest BCUT2D eigenvalue weighted by molar-refractivity contribution is 0.163. The molecule has 1 heteroatoms. The standard InChI is InChI=1S/C13H20O.C2H6/c1-3-4-5-9-13(14)12-8-6-7-11(2)10-12;1-2/h6-8,10,13-14H,3-5,9H2,1-2H3;1-2H3. The van der Waals surface area contributed by atoms with E-state index in [2.05, 4.69) is 26.0 Å². The molecule has 0 radical (unpaired) electrons. The Morgan fingerprint density at radius 1 is 1.19 bits per heavy atom. The van der Waals surface area contributed by atoms with E-state index in [0.29, 0.717) is 0 Å².